The Balaban J connectivity index is 2.03. The average Bonchev–Trinajstić information content (AvgIpc) is 2.71. The fourth-order valence-corrected chi connectivity index (χ4v) is 2.77. The Morgan fingerprint density at radius 2 is 1.79 bits per heavy atom. The third kappa shape index (κ3) is 3.16. The lowest BCUT2D eigenvalue weighted by atomic mass is 10.1. The number of nitrogens with zero attached hydrogens (tertiary/aromatic N) is 4. The van der Waals surface area contributed by atoms with E-state index in [2.05, 4.69) is 39.4 Å². The van der Waals surface area contributed by atoms with Crippen LogP contribution in [0.3, 0.4) is 0 Å². The van der Waals surface area contributed by atoms with Gasteiger partial charge in [0.2, 0.25) is 0 Å². The number of rotatable bonds is 4. The first-order valence-electron chi connectivity index (χ1n) is 7.21. The number of hydrogen-bond acceptors (Lipinski definition) is 4. The normalized spacial score (nSPS) is 20.1. The third-order valence-electron chi connectivity index (χ3n) is 4.21. The van der Waals surface area contributed by atoms with E-state index in [1.54, 1.807) is 0 Å². The quantitative estimate of drug-likeness (QED) is 0.873. The van der Waals surface area contributed by atoms with Crippen molar-refractivity contribution < 1.29 is 0 Å². The van der Waals surface area contributed by atoms with Crippen LogP contribution in [0, 0.1) is 6.92 Å². The second-order valence-electron chi connectivity index (χ2n) is 5.74. The second-order valence-corrected chi connectivity index (χ2v) is 5.74. The molecule has 0 amide bonds. The molecule has 1 aromatic rings. The summed E-state index contributed by atoms with van der Waals surface area (Å²) in [5.74, 6) is 1.05. The fourth-order valence-electron chi connectivity index (χ4n) is 2.77. The van der Waals surface area contributed by atoms with Gasteiger partial charge in [-0.05, 0) is 20.8 Å². The maximum atomic E-state index is 5.98. The van der Waals surface area contributed by atoms with Gasteiger partial charge in [-0.2, -0.15) is 0 Å². The monoisotopic (exact) mass is 265 g/mol. The van der Waals surface area contributed by atoms with Crippen LogP contribution in [-0.4, -0.2) is 58.1 Å². The van der Waals surface area contributed by atoms with Crippen LogP contribution < -0.4 is 5.73 Å². The number of piperazine rings is 1. The van der Waals surface area contributed by atoms with Gasteiger partial charge >= 0.3 is 0 Å². The lowest BCUT2D eigenvalue weighted by Gasteiger charge is -2.40. The minimum atomic E-state index is 0.259. The van der Waals surface area contributed by atoms with Crippen molar-refractivity contribution in [3.8, 4) is 0 Å². The summed E-state index contributed by atoms with van der Waals surface area (Å²) in [6, 6.07) is 0.893. The van der Waals surface area contributed by atoms with Gasteiger partial charge in [-0.15, -0.1) is 0 Å². The van der Waals surface area contributed by atoms with Crippen LogP contribution in [0.5, 0.6) is 0 Å². The first-order valence-corrected chi connectivity index (χ1v) is 7.21. The van der Waals surface area contributed by atoms with Crippen molar-refractivity contribution in [3.63, 3.8) is 0 Å². The SMILES string of the molecule is Cc1nc(C(CN)N2CCN(C(C)C)CC2)cn1C. The fraction of sp³-hybridized carbons (Fsp3) is 0.786. The smallest absolute Gasteiger partial charge is 0.105 e. The molecule has 108 valence electrons. The molecule has 1 atom stereocenters. The van der Waals surface area contributed by atoms with E-state index >= 15 is 0 Å². The van der Waals surface area contributed by atoms with Crippen molar-refractivity contribution in [2.45, 2.75) is 32.9 Å². The van der Waals surface area contributed by atoms with Crippen LogP contribution in [0.1, 0.15) is 31.4 Å². The van der Waals surface area contributed by atoms with Crippen molar-refractivity contribution in [2.24, 2.45) is 12.8 Å². The number of imidazole rings is 1. The summed E-state index contributed by atoms with van der Waals surface area (Å²) in [7, 11) is 2.04. The van der Waals surface area contributed by atoms with Crippen molar-refractivity contribution >= 4 is 0 Å². The van der Waals surface area contributed by atoms with Crippen LogP contribution >= 0.6 is 0 Å². The molecule has 2 rings (SSSR count). The van der Waals surface area contributed by atoms with Gasteiger partial charge in [-0.3, -0.25) is 9.80 Å². The summed E-state index contributed by atoms with van der Waals surface area (Å²) in [6.07, 6.45) is 2.11. The van der Waals surface area contributed by atoms with E-state index in [1.807, 2.05) is 14.0 Å². The minimum Gasteiger partial charge on any atom is -0.338 e. The zero-order valence-corrected chi connectivity index (χ0v) is 12.6. The summed E-state index contributed by atoms with van der Waals surface area (Å²) in [5, 5.41) is 0. The molecule has 1 aliphatic heterocycles. The molecule has 1 aliphatic rings. The molecular formula is C14H27N5. The Morgan fingerprint density at radius 3 is 2.21 bits per heavy atom. The lowest BCUT2D eigenvalue weighted by Crippen LogP contribution is -2.51. The lowest BCUT2D eigenvalue weighted by molar-refractivity contribution is 0.0790. The first kappa shape index (κ1) is 14.5. The number of hydrogen-bond donors (Lipinski definition) is 1. The molecule has 1 aromatic heterocycles. The predicted molar refractivity (Wildman–Crippen MR) is 78.0 cm³/mol. The third-order valence-corrected chi connectivity index (χ3v) is 4.21. The van der Waals surface area contributed by atoms with Crippen molar-refractivity contribution in [1.82, 2.24) is 19.4 Å². The van der Waals surface area contributed by atoms with Gasteiger partial charge in [0.05, 0.1) is 11.7 Å². The predicted octanol–water partition coefficient (Wildman–Crippen LogP) is 0.754. The molecule has 0 radical (unpaired) electrons. The van der Waals surface area contributed by atoms with Crippen molar-refractivity contribution in [2.75, 3.05) is 32.7 Å². The Bertz CT molecular complexity index is 384. The molecule has 1 fully saturated rings. The van der Waals surface area contributed by atoms with Gasteiger partial charge in [0.25, 0.3) is 0 Å². The molecule has 19 heavy (non-hydrogen) atoms. The Hall–Kier alpha value is -0.910. The van der Waals surface area contributed by atoms with E-state index < -0.39 is 0 Å². The van der Waals surface area contributed by atoms with E-state index in [0.29, 0.717) is 12.6 Å². The van der Waals surface area contributed by atoms with E-state index in [-0.39, 0.29) is 6.04 Å². The minimum absolute atomic E-state index is 0.259. The summed E-state index contributed by atoms with van der Waals surface area (Å²) >= 11 is 0. The molecule has 5 heteroatoms. The van der Waals surface area contributed by atoms with E-state index in [0.717, 1.165) is 37.7 Å². The maximum absolute atomic E-state index is 5.98. The highest BCUT2D eigenvalue weighted by Gasteiger charge is 2.26. The van der Waals surface area contributed by atoms with Crippen LogP contribution in [-0.2, 0) is 7.05 Å². The topological polar surface area (TPSA) is 50.3 Å². The zero-order chi connectivity index (χ0) is 14.0. The summed E-state index contributed by atoms with van der Waals surface area (Å²) < 4.78 is 2.07. The summed E-state index contributed by atoms with van der Waals surface area (Å²) in [5.41, 5.74) is 7.10. The Morgan fingerprint density at radius 1 is 1.21 bits per heavy atom. The Labute approximate surface area is 116 Å². The average molecular weight is 265 g/mol. The first-order chi connectivity index (χ1) is 9.02. The van der Waals surface area contributed by atoms with Crippen molar-refractivity contribution in [3.05, 3.63) is 17.7 Å². The van der Waals surface area contributed by atoms with Gasteiger partial charge in [-0.25, -0.2) is 4.98 Å². The van der Waals surface area contributed by atoms with Crippen molar-refractivity contribution in [1.29, 1.82) is 0 Å². The van der Waals surface area contributed by atoms with Crippen LogP contribution in [0.15, 0.2) is 6.20 Å². The maximum Gasteiger partial charge on any atom is 0.105 e. The van der Waals surface area contributed by atoms with Gasteiger partial charge in [-0.1, -0.05) is 0 Å². The molecule has 0 saturated carbocycles. The molecule has 0 bridgehead atoms. The van der Waals surface area contributed by atoms with E-state index in [1.165, 1.54) is 0 Å². The van der Waals surface area contributed by atoms with Crippen LogP contribution in [0.25, 0.3) is 0 Å². The Kier molecular flexibility index (Phi) is 4.60. The second kappa shape index (κ2) is 6.03. The van der Waals surface area contributed by atoms with Crippen LogP contribution in [0.4, 0.5) is 0 Å². The van der Waals surface area contributed by atoms with Gasteiger partial charge in [0, 0.05) is 52.0 Å². The summed E-state index contributed by atoms with van der Waals surface area (Å²) in [6.45, 7) is 11.6. The molecule has 2 heterocycles. The van der Waals surface area contributed by atoms with E-state index in [4.69, 9.17) is 5.73 Å². The molecule has 2 N–H and O–H groups in total. The molecule has 1 saturated heterocycles. The molecular weight excluding hydrogens is 238 g/mol. The number of aryl methyl sites for hydroxylation is 2. The molecule has 0 aliphatic carbocycles. The summed E-state index contributed by atoms with van der Waals surface area (Å²) in [4.78, 5) is 9.63. The molecule has 5 nitrogen and oxygen atoms in total. The standard InChI is InChI=1S/C14H27N5/c1-11(2)18-5-7-19(8-6-18)14(9-15)13-10-17(4)12(3)16-13/h10-11,14H,5-9,15H2,1-4H3. The molecule has 0 spiro atoms. The highest BCUT2D eigenvalue weighted by molar-refractivity contribution is 5.09. The highest BCUT2D eigenvalue weighted by atomic mass is 15.3. The number of nitrogens with two attached hydrogens (primary N) is 1. The molecule has 1 unspecified atom stereocenters. The van der Waals surface area contributed by atoms with Gasteiger partial charge in [0.15, 0.2) is 0 Å². The number of aromatic nitrogens is 2. The zero-order valence-electron chi connectivity index (χ0n) is 12.6. The highest BCUT2D eigenvalue weighted by Crippen LogP contribution is 2.21. The van der Waals surface area contributed by atoms with Gasteiger partial charge in [0.1, 0.15) is 5.82 Å². The van der Waals surface area contributed by atoms with Gasteiger partial charge < -0.3 is 10.3 Å². The molecule has 0 aromatic carbocycles. The van der Waals surface area contributed by atoms with E-state index in [9.17, 15) is 0 Å². The largest absolute Gasteiger partial charge is 0.338 e. The van der Waals surface area contributed by atoms with Crippen LogP contribution in [0.2, 0.25) is 0 Å².